The fourth-order valence-electron chi connectivity index (χ4n) is 5.69. The summed E-state index contributed by atoms with van der Waals surface area (Å²) in [6.45, 7) is 1.73. The molecule has 0 bridgehead atoms. The molecule has 1 aromatic heterocycles. The summed E-state index contributed by atoms with van der Waals surface area (Å²) < 4.78 is 39.5. The van der Waals surface area contributed by atoms with E-state index < -0.39 is 85.0 Å². The average molecular weight is 649 g/mol. The highest BCUT2D eigenvalue weighted by molar-refractivity contribution is 5.88. The Labute approximate surface area is 262 Å². The van der Waals surface area contributed by atoms with Crippen LogP contribution in [0.25, 0.3) is 22.3 Å². The quantitative estimate of drug-likeness (QED) is 0.179. The molecule has 15 nitrogen and oxygen atoms in total. The number of benzene rings is 2. The lowest BCUT2D eigenvalue weighted by Crippen LogP contribution is -2.62. The van der Waals surface area contributed by atoms with Gasteiger partial charge in [0.15, 0.2) is 17.8 Å². The number of carbonyl (C=O) groups is 1. The summed E-state index contributed by atoms with van der Waals surface area (Å²) in [4.78, 5) is 25.3. The van der Waals surface area contributed by atoms with Crippen LogP contribution in [0.1, 0.15) is 25.5 Å². The highest BCUT2D eigenvalue weighted by atomic mass is 16.7. The number of hydrogen-bond donors (Lipinski definition) is 6. The molecular formula is C31H36O15. The van der Waals surface area contributed by atoms with Gasteiger partial charge in [-0.25, -0.2) is 0 Å². The number of esters is 1. The van der Waals surface area contributed by atoms with Crippen molar-refractivity contribution in [3.8, 4) is 28.6 Å². The van der Waals surface area contributed by atoms with Gasteiger partial charge in [0.05, 0.1) is 32.5 Å². The second-order valence-corrected chi connectivity index (χ2v) is 11.0. The van der Waals surface area contributed by atoms with Crippen LogP contribution in [0.4, 0.5) is 0 Å². The van der Waals surface area contributed by atoms with Gasteiger partial charge >= 0.3 is 5.97 Å². The van der Waals surface area contributed by atoms with E-state index >= 15 is 0 Å². The number of aliphatic hydroxyl groups is 5. The van der Waals surface area contributed by atoms with Crippen molar-refractivity contribution in [2.24, 2.45) is 0 Å². The maximum absolute atomic E-state index is 13.4. The highest BCUT2D eigenvalue weighted by Crippen LogP contribution is 2.46. The molecule has 5 rings (SSSR count). The highest BCUT2D eigenvalue weighted by Gasteiger charge is 2.52. The van der Waals surface area contributed by atoms with E-state index in [1.165, 1.54) is 33.3 Å². The molecule has 2 aromatic carbocycles. The van der Waals surface area contributed by atoms with Crippen molar-refractivity contribution in [3.05, 3.63) is 52.2 Å². The molecule has 2 aliphatic heterocycles. The Morgan fingerprint density at radius 1 is 0.913 bits per heavy atom. The van der Waals surface area contributed by atoms with Crippen LogP contribution in [0.3, 0.4) is 0 Å². The molecule has 0 radical (unpaired) electrons. The predicted octanol–water partition coefficient (Wildman–Crippen LogP) is 0.120. The third kappa shape index (κ3) is 6.15. The molecule has 2 saturated heterocycles. The third-order valence-corrected chi connectivity index (χ3v) is 8.12. The van der Waals surface area contributed by atoms with Crippen molar-refractivity contribution in [2.75, 3.05) is 20.8 Å². The number of phenols is 1. The second kappa shape index (κ2) is 13.5. The van der Waals surface area contributed by atoms with Gasteiger partial charge in [-0.3, -0.25) is 9.59 Å². The first-order chi connectivity index (χ1) is 21.9. The van der Waals surface area contributed by atoms with Gasteiger partial charge in [-0.2, -0.15) is 0 Å². The lowest BCUT2D eigenvalue weighted by atomic mass is 9.89. The summed E-state index contributed by atoms with van der Waals surface area (Å²) in [5.41, 5.74) is -0.356. The molecule has 6 N–H and O–H groups in total. The molecule has 0 saturated carbocycles. The van der Waals surface area contributed by atoms with Crippen molar-refractivity contribution >= 4 is 16.9 Å². The van der Waals surface area contributed by atoms with Gasteiger partial charge < -0.3 is 63.5 Å². The number of aromatic hydroxyl groups is 1. The summed E-state index contributed by atoms with van der Waals surface area (Å²) in [5, 5.41) is 64.2. The molecular weight excluding hydrogens is 612 g/mol. The Hall–Kier alpha value is -3.80. The van der Waals surface area contributed by atoms with Gasteiger partial charge in [0.1, 0.15) is 76.7 Å². The fourth-order valence-corrected chi connectivity index (χ4v) is 5.69. The summed E-state index contributed by atoms with van der Waals surface area (Å²) >= 11 is 0. The van der Waals surface area contributed by atoms with E-state index in [2.05, 4.69) is 0 Å². The molecule has 0 amide bonds. The molecule has 46 heavy (non-hydrogen) atoms. The van der Waals surface area contributed by atoms with Crippen molar-refractivity contribution in [2.45, 2.75) is 75.1 Å². The molecule has 15 heteroatoms. The van der Waals surface area contributed by atoms with Gasteiger partial charge in [-0.15, -0.1) is 0 Å². The Balaban J connectivity index is 1.61. The Morgan fingerprint density at radius 3 is 2.20 bits per heavy atom. The van der Waals surface area contributed by atoms with Crippen LogP contribution in [0.5, 0.6) is 17.2 Å². The van der Waals surface area contributed by atoms with Crippen molar-refractivity contribution < 1.29 is 68.3 Å². The smallest absolute Gasteiger partial charge is 0.303 e. The van der Waals surface area contributed by atoms with E-state index in [9.17, 15) is 40.2 Å². The molecule has 10 atom stereocenters. The van der Waals surface area contributed by atoms with E-state index in [0.29, 0.717) is 11.3 Å². The van der Waals surface area contributed by atoms with E-state index in [0.717, 1.165) is 6.92 Å². The second-order valence-electron chi connectivity index (χ2n) is 11.0. The molecule has 2 aliphatic rings. The van der Waals surface area contributed by atoms with Crippen LogP contribution in [0, 0.1) is 0 Å². The topological polar surface area (TPSA) is 224 Å². The molecule has 0 aliphatic carbocycles. The Morgan fingerprint density at radius 2 is 1.59 bits per heavy atom. The molecule has 0 unspecified atom stereocenters. The summed E-state index contributed by atoms with van der Waals surface area (Å²) in [5.74, 6) is -0.803. The number of ether oxygens (including phenoxy) is 6. The van der Waals surface area contributed by atoms with Gasteiger partial charge in [0.2, 0.25) is 0 Å². The maximum atomic E-state index is 13.4. The van der Waals surface area contributed by atoms with Crippen LogP contribution < -0.4 is 14.9 Å². The number of phenolic OH excluding ortho intramolecular Hbond substituents is 1. The molecule has 3 heterocycles. The number of hydrogen-bond acceptors (Lipinski definition) is 15. The van der Waals surface area contributed by atoms with E-state index in [-0.39, 0.29) is 28.0 Å². The van der Waals surface area contributed by atoms with E-state index in [1.807, 2.05) is 0 Å². The monoisotopic (exact) mass is 648 g/mol. The van der Waals surface area contributed by atoms with Gasteiger partial charge in [0.25, 0.3) is 0 Å². The molecule has 250 valence electrons. The normalized spacial score (nSPS) is 31.4. The maximum Gasteiger partial charge on any atom is 0.303 e. The first-order valence-electron chi connectivity index (χ1n) is 14.4. The third-order valence-electron chi connectivity index (χ3n) is 8.12. The summed E-state index contributed by atoms with van der Waals surface area (Å²) in [6, 6.07) is 9.23. The van der Waals surface area contributed by atoms with Crippen LogP contribution in [0.15, 0.2) is 45.6 Å². The zero-order chi connectivity index (χ0) is 33.4. The molecule has 2 fully saturated rings. The van der Waals surface area contributed by atoms with Crippen LogP contribution in [0.2, 0.25) is 0 Å². The van der Waals surface area contributed by atoms with E-state index in [1.54, 1.807) is 24.3 Å². The van der Waals surface area contributed by atoms with Crippen LogP contribution in [-0.2, 0) is 23.7 Å². The van der Waals surface area contributed by atoms with Gasteiger partial charge in [0, 0.05) is 24.6 Å². The minimum Gasteiger partial charge on any atom is -0.506 e. The average Bonchev–Trinajstić information content (AvgIpc) is 3.03. The first-order valence-corrected chi connectivity index (χ1v) is 14.4. The standard InChI is InChI=1S/C31H36O15/c1-12-23(35)26(38)30(43-13(2)33)31(42-12)46-29-27(39)24(36)20(11-32)45-28(29)22-18(41-4)10-19-21(25(22)37)16(34)9-17(44-19)14-5-7-15(40-3)8-6-14/h5-10,12,20,23-24,26-32,35-39H,11H2,1-4H3/t12-,20+,23-,24+,26+,27-,28-,29+,30+,31-/m0/s1. The number of fused-ring (bicyclic) bond motifs is 1. The SMILES string of the molecule is COc1ccc(-c2cc(=O)c3c(O)c([C@@H]4O[C@H](CO)[C@@H](O)[C@H](O)[C@H]4O[C@@H]4O[C@@H](C)[C@H](O)[C@@H](O)[C@H]4OC(C)=O)c(OC)cc3o2)cc1. The summed E-state index contributed by atoms with van der Waals surface area (Å²) in [6.07, 6.45) is -15.5. The van der Waals surface area contributed by atoms with Gasteiger partial charge in [-0.1, -0.05) is 0 Å². The summed E-state index contributed by atoms with van der Waals surface area (Å²) in [7, 11) is 2.78. The fraction of sp³-hybridized carbons (Fsp3) is 0.484. The van der Waals surface area contributed by atoms with Gasteiger partial charge in [-0.05, 0) is 31.2 Å². The largest absolute Gasteiger partial charge is 0.506 e. The predicted molar refractivity (Wildman–Crippen MR) is 156 cm³/mol. The molecule has 3 aromatic rings. The number of aliphatic hydroxyl groups excluding tert-OH is 5. The van der Waals surface area contributed by atoms with E-state index in [4.69, 9.17) is 32.8 Å². The molecule has 0 spiro atoms. The van der Waals surface area contributed by atoms with Crippen molar-refractivity contribution in [1.29, 1.82) is 0 Å². The zero-order valence-corrected chi connectivity index (χ0v) is 25.3. The van der Waals surface area contributed by atoms with Crippen molar-refractivity contribution in [1.82, 2.24) is 0 Å². The lowest BCUT2D eigenvalue weighted by molar-refractivity contribution is -0.339. The first kappa shape index (κ1) is 33.6. The van der Waals surface area contributed by atoms with Crippen LogP contribution in [-0.4, -0.2) is 113 Å². The minimum absolute atomic E-state index is 0.0551. The minimum atomic E-state index is -1.83. The van der Waals surface area contributed by atoms with Crippen LogP contribution >= 0.6 is 0 Å². The van der Waals surface area contributed by atoms with Crippen molar-refractivity contribution in [3.63, 3.8) is 0 Å². The number of rotatable bonds is 8. The zero-order valence-electron chi connectivity index (χ0n) is 25.3. The Bertz CT molecular complexity index is 1600. The lowest BCUT2D eigenvalue weighted by Gasteiger charge is -2.46. The number of methoxy groups -OCH3 is 2. The number of carbonyl (C=O) groups excluding carboxylic acids is 1. The Kier molecular flexibility index (Phi) is 9.86.